The number of piperidine rings is 1. The molecule has 0 radical (unpaired) electrons. The van der Waals surface area contributed by atoms with Crippen LogP contribution in [0.25, 0.3) is 0 Å². The second-order valence-electron chi connectivity index (χ2n) is 7.08. The second-order valence-corrected chi connectivity index (χ2v) is 7.08. The first-order chi connectivity index (χ1) is 10.6. The molecule has 0 aliphatic carbocycles. The number of amides is 1. The largest absolute Gasteiger partial charge is 0.490 e. The van der Waals surface area contributed by atoms with Crippen LogP contribution in [0.1, 0.15) is 43.5 Å². The van der Waals surface area contributed by atoms with E-state index in [0.717, 1.165) is 32.5 Å². The molecule has 1 N–H and O–H groups in total. The molecule has 1 aromatic carbocycles. The Labute approximate surface area is 132 Å². The van der Waals surface area contributed by atoms with Gasteiger partial charge in [0.15, 0.2) is 0 Å². The number of benzene rings is 1. The lowest BCUT2D eigenvalue weighted by atomic mass is 9.89. The highest BCUT2D eigenvalue weighted by Gasteiger charge is 2.40. The number of ether oxygens (including phenoxy) is 1. The van der Waals surface area contributed by atoms with Gasteiger partial charge >= 0.3 is 0 Å². The molecule has 1 spiro atoms. The Balaban J connectivity index is 1.73. The van der Waals surface area contributed by atoms with Crippen molar-refractivity contribution in [2.24, 2.45) is 5.92 Å². The number of hydrogen-bond acceptors (Lipinski definition) is 3. The van der Waals surface area contributed by atoms with Gasteiger partial charge in [-0.15, -0.1) is 0 Å². The van der Waals surface area contributed by atoms with Gasteiger partial charge in [0.05, 0.1) is 11.1 Å². The lowest BCUT2D eigenvalue weighted by Crippen LogP contribution is -2.61. The Morgan fingerprint density at radius 3 is 3.00 bits per heavy atom. The van der Waals surface area contributed by atoms with Crippen molar-refractivity contribution in [3.05, 3.63) is 29.8 Å². The van der Waals surface area contributed by atoms with Crippen molar-refractivity contribution in [2.75, 3.05) is 26.2 Å². The summed E-state index contributed by atoms with van der Waals surface area (Å²) in [5.41, 5.74) is 0.407. The predicted octanol–water partition coefficient (Wildman–Crippen LogP) is 2.69. The Hall–Kier alpha value is -1.55. The third kappa shape index (κ3) is 3.27. The number of likely N-dealkylation sites (tertiary alicyclic amines) is 1. The van der Waals surface area contributed by atoms with Crippen LogP contribution in [0, 0.1) is 5.92 Å². The number of nitrogens with one attached hydrogen (secondary N) is 1. The van der Waals surface area contributed by atoms with Crippen LogP contribution in [-0.4, -0.2) is 42.6 Å². The van der Waals surface area contributed by atoms with Gasteiger partial charge in [-0.25, -0.2) is 0 Å². The molecule has 1 amide bonds. The Bertz CT molecular complexity index is 544. The monoisotopic (exact) mass is 302 g/mol. The number of carbonyl (C=O) groups excluding carboxylic acids is 1. The molecule has 1 saturated heterocycles. The van der Waals surface area contributed by atoms with Crippen LogP contribution in [0.4, 0.5) is 0 Å². The van der Waals surface area contributed by atoms with E-state index in [1.165, 1.54) is 6.42 Å². The van der Waals surface area contributed by atoms with Crippen molar-refractivity contribution in [3.8, 4) is 5.75 Å². The maximum atomic E-state index is 12.5. The van der Waals surface area contributed by atoms with Crippen molar-refractivity contribution in [1.29, 1.82) is 0 Å². The summed E-state index contributed by atoms with van der Waals surface area (Å²) in [6.45, 7) is 8.19. The molecule has 3 rings (SSSR count). The summed E-state index contributed by atoms with van der Waals surface area (Å²) >= 11 is 0. The standard InChI is InChI=1S/C18H26N2O2/c1-14(2)8-11-20-10-5-9-18(12-20)13-22-16-7-4-3-6-15(16)17(21)19-18/h3-4,6-7,14H,5,8-13H2,1-2H3,(H,19,21). The highest BCUT2D eigenvalue weighted by Crippen LogP contribution is 2.29. The zero-order valence-electron chi connectivity index (χ0n) is 13.6. The molecular weight excluding hydrogens is 276 g/mol. The number of hydrogen-bond donors (Lipinski definition) is 1. The fourth-order valence-corrected chi connectivity index (χ4v) is 3.42. The molecule has 4 nitrogen and oxygen atoms in total. The Morgan fingerprint density at radius 2 is 2.18 bits per heavy atom. The molecule has 1 fully saturated rings. The molecule has 2 heterocycles. The minimum Gasteiger partial charge on any atom is -0.490 e. The molecule has 1 atom stereocenters. The summed E-state index contributed by atoms with van der Waals surface area (Å²) in [5, 5.41) is 3.26. The predicted molar refractivity (Wildman–Crippen MR) is 87.3 cm³/mol. The fourth-order valence-electron chi connectivity index (χ4n) is 3.42. The van der Waals surface area contributed by atoms with E-state index in [9.17, 15) is 4.79 Å². The molecule has 0 aromatic heterocycles. The maximum absolute atomic E-state index is 12.5. The second kappa shape index (κ2) is 6.29. The summed E-state index contributed by atoms with van der Waals surface area (Å²) in [4.78, 5) is 15.0. The van der Waals surface area contributed by atoms with E-state index in [2.05, 4.69) is 24.1 Å². The van der Waals surface area contributed by atoms with E-state index < -0.39 is 0 Å². The third-order valence-electron chi connectivity index (χ3n) is 4.69. The van der Waals surface area contributed by atoms with Crippen molar-refractivity contribution in [1.82, 2.24) is 10.2 Å². The minimum absolute atomic E-state index is 0.00110. The SMILES string of the molecule is CC(C)CCN1CCCC2(COc3ccccc3C(=O)N2)C1. The average molecular weight is 302 g/mol. The van der Waals surface area contributed by atoms with E-state index >= 15 is 0 Å². The highest BCUT2D eigenvalue weighted by atomic mass is 16.5. The summed E-state index contributed by atoms with van der Waals surface area (Å²) in [5.74, 6) is 1.41. The zero-order valence-corrected chi connectivity index (χ0v) is 13.6. The van der Waals surface area contributed by atoms with Crippen LogP contribution >= 0.6 is 0 Å². The number of para-hydroxylation sites is 1. The molecule has 22 heavy (non-hydrogen) atoms. The molecule has 2 aliphatic rings. The van der Waals surface area contributed by atoms with E-state index in [0.29, 0.717) is 23.8 Å². The third-order valence-corrected chi connectivity index (χ3v) is 4.69. The van der Waals surface area contributed by atoms with Crippen LogP contribution in [0.5, 0.6) is 5.75 Å². The molecule has 0 saturated carbocycles. The van der Waals surface area contributed by atoms with Crippen LogP contribution in [0.2, 0.25) is 0 Å². The summed E-state index contributed by atoms with van der Waals surface area (Å²) in [7, 11) is 0. The first kappa shape index (κ1) is 15.3. The van der Waals surface area contributed by atoms with Crippen LogP contribution < -0.4 is 10.1 Å². The van der Waals surface area contributed by atoms with Crippen molar-refractivity contribution >= 4 is 5.91 Å². The first-order valence-electron chi connectivity index (χ1n) is 8.35. The average Bonchev–Trinajstić information content (AvgIpc) is 2.64. The zero-order chi connectivity index (χ0) is 15.6. The molecule has 0 bridgehead atoms. The normalized spacial score (nSPS) is 25.5. The van der Waals surface area contributed by atoms with Gasteiger partial charge in [-0.1, -0.05) is 26.0 Å². The number of nitrogens with zero attached hydrogens (tertiary/aromatic N) is 1. The van der Waals surface area contributed by atoms with Crippen LogP contribution in [0.3, 0.4) is 0 Å². The van der Waals surface area contributed by atoms with Crippen LogP contribution in [0.15, 0.2) is 24.3 Å². The maximum Gasteiger partial charge on any atom is 0.255 e. The van der Waals surface area contributed by atoms with Gasteiger partial charge in [-0.05, 0) is 50.4 Å². The highest BCUT2D eigenvalue weighted by molar-refractivity contribution is 5.97. The molecule has 120 valence electrons. The van der Waals surface area contributed by atoms with Crippen molar-refractivity contribution in [3.63, 3.8) is 0 Å². The van der Waals surface area contributed by atoms with Gasteiger partial charge in [0.1, 0.15) is 12.4 Å². The molecular formula is C18H26N2O2. The van der Waals surface area contributed by atoms with E-state index in [4.69, 9.17) is 4.74 Å². The quantitative estimate of drug-likeness (QED) is 0.933. The lowest BCUT2D eigenvalue weighted by molar-refractivity contribution is 0.0651. The van der Waals surface area contributed by atoms with E-state index in [1.54, 1.807) is 0 Å². The summed E-state index contributed by atoms with van der Waals surface area (Å²) < 4.78 is 5.98. The van der Waals surface area contributed by atoms with Gasteiger partial charge < -0.3 is 15.0 Å². The smallest absolute Gasteiger partial charge is 0.255 e. The summed E-state index contributed by atoms with van der Waals surface area (Å²) in [6, 6.07) is 7.52. The molecule has 1 unspecified atom stereocenters. The number of carbonyl (C=O) groups is 1. The molecule has 4 heteroatoms. The van der Waals surface area contributed by atoms with Crippen molar-refractivity contribution in [2.45, 2.75) is 38.6 Å². The van der Waals surface area contributed by atoms with Gasteiger partial charge in [0.2, 0.25) is 0 Å². The Kier molecular flexibility index (Phi) is 4.39. The van der Waals surface area contributed by atoms with Crippen LogP contribution in [-0.2, 0) is 0 Å². The molecule has 1 aromatic rings. The fraction of sp³-hybridized carbons (Fsp3) is 0.611. The Morgan fingerprint density at radius 1 is 1.36 bits per heavy atom. The number of fused-ring (bicyclic) bond motifs is 1. The summed E-state index contributed by atoms with van der Waals surface area (Å²) in [6.07, 6.45) is 3.30. The molecule has 2 aliphatic heterocycles. The first-order valence-corrected chi connectivity index (χ1v) is 8.35. The minimum atomic E-state index is -0.245. The van der Waals surface area contributed by atoms with Gasteiger partial charge in [0.25, 0.3) is 5.91 Å². The van der Waals surface area contributed by atoms with Gasteiger partial charge in [-0.3, -0.25) is 4.79 Å². The number of rotatable bonds is 3. The van der Waals surface area contributed by atoms with Gasteiger partial charge in [0, 0.05) is 6.54 Å². The van der Waals surface area contributed by atoms with E-state index in [1.807, 2.05) is 24.3 Å². The van der Waals surface area contributed by atoms with E-state index in [-0.39, 0.29) is 11.4 Å². The van der Waals surface area contributed by atoms with Gasteiger partial charge in [-0.2, -0.15) is 0 Å². The van der Waals surface area contributed by atoms with Crippen molar-refractivity contribution < 1.29 is 9.53 Å². The lowest BCUT2D eigenvalue weighted by Gasteiger charge is -2.42. The topological polar surface area (TPSA) is 41.6 Å².